The van der Waals surface area contributed by atoms with Crippen LogP contribution in [-0.4, -0.2) is 32.2 Å². The van der Waals surface area contributed by atoms with E-state index in [-0.39, 0.29) is 6.61 Å². The number of benzene rings is 1. The SMILES string of the molecule is CCCCC(C)(CO)Nc1nc(NCc2ccc(C)c(C)c2)nc2cc(F)cnc12. The standard InChI is InChI=1S/C23H30FN5O/c1-5-6-9-23(4,14-30)29-21-20-19(11-18(24)13-25-20)27-22(28-21)26-12-17-8-7-15(2)16(3)10-17/h7-8,10-11,13,30H,5-6,9,12,14H2,1-4H3,(H2,26,27,28,29). The van der Waals surface area contributed by atoms with Gasteiger partial charge in [-0.25, -0.2) is 14.4 Å². The minimum Gasteiger partial charge on any atom is -0.394 e. The van der Waals surface area contributed by atoms with Crippen LogP contribution in [0.15, 0.2) is 30.5 Å². The molecule has 0 aliphatic rings. The van der Waals surface area contributed by atoms with E-state index < -0.39 is 11.4 Å². The average Bonchev–Trinajstić information content (AvgIpc) is 2.73. The highest BCUT2D eigenvalue weighted by atomic mass is 19.1. The zero-order valence-corrected chi connectivity index (χ0v) is 18.1. The Morgan fingerprint density at radius 1 is 1.13 bits per heavy atom. The van der Waals surface area contributed by atoms with Gasteiger partial charge in [-0.2, -0.15) is 4.98 Å². The molecule has 7 heteroatoms. The van der Waals surface area contributed by atoms with Crippen LogP contribution in [0, 0.1) is 19.7 Å². The van der Waals surface area contributed by atoms with Crippen LogP contribution < -0.4 is 10.6 Å². The summed E-state index contributed by atoms with van der Waals surface area (Å²) in [6.07, 6.45) is 3.92. The third-order valence-electron chi connectivity index (χ3n) is 5.38. The lowest BCUT2D eigenvalue weighted by Crippen LogP contribution is -2.39. The summed E-state index contributed by atoms with van der Waals surface area (Å²) in [5, 5.41) is 16.5. The van der Waals surface area contributed by atoms with E-state index in [0.29, 0.717) is 29.3 Å². The molecule has 0 spiro atoms. The fourth-order valence-corrected chi connectivity index (χ4v) is 3.29. The molecule has 0 saturated heterocycles. The summed E-state index contributed by atoms with van der Waals surface area (Å²) in [7, 11) is 0. The van der Waals surface area contributed by atoms with Gasteiger partial charge in [0, 0.05) is 12.6 Å². The van der Waals surface area contributed by atoms with Gasteiger partial charge in [-0.3, -0.25) is 0 Å². The van der Waals surface area contributed by atoms with Crippen LogP contribution >= 0.6 is 0 Å². The predicted molar refractivity (Wildman–Crippen MR) is 119 cm³/mol. The molecule has 0 aliphatic carbocycles. The molecular formula is C23H30FN5O. The smallest absolute Gasteiger partial charge is 0.225 e. The summed E-state index contributed by atoms with van der Waals surface area (Å²) >= 11 is 0. The number of rotatable bonds is 9. The van der Waals surface area contributed by atoms with Crippen LogP contribution in [0.2, 0.25) is 0 Å². The van der Waals surface area contributed by atoms with Crippen molar-refractivity contribution in [2.24, 2.45) is 0 Å². The fraction of sp³-hybridized carbons (Fsp3) is 0.435. The second kappa shape index (κ2) is 9.34. The highest BCUT2D eigenvalue weighted by Gasteiger charge is 2.25. The lowest BCUT2D eigenvalue weighted by atomic mass is 9.96. The molecule has 2 aromatic heterocycles. The number of nitrogens with one attached hydrogen (secondary N) is 2. The van der Waals surface area contributed by atoms with E-state index in [0.717, 1.165) is 31.0 Å². The van der Waals surface area contributed by atoms with E-state index in [1.807, 2.05) is 6.92 Å². The molecule has 30 heavy (non-hydrogen) atoms. The zero-order chi connectivity index (χ0) is 21.7. The first kappa shape index (κ1) is 21.9. The number of fused-ring (bicyclic) bond motifs is 1. The third-order valence-corrected chi connectivity index (χ3v) is 5.38. The molecule has 0 aliphatic heterocycles. The van der Waals surface area contributed by atoms with Crippen molar-refractivity contribution >= 4 is 22.8 Å². The number of nitrogens with zero attached hydrogens (tertiary/aromatic N) is 3. The Balaban J connectivity index is 1.92. The van der Waals surface area contributed by atoms with E-state index in [4.69, 9.17) is 0 Å². The van der Waals surface area contributed by atoms with Gasteiger partial charge < -0.3 is 15.7 Å². The lowest BCUT2D eigenvalue weighted by molar-refractivity contribution is 0.212. The van der Waals surface area contributed by atoms with Crippen molar-refractivity contribution in [3.63, 3.8) is 0 Å². The van der Waals surface area contributed by atoms with Gasteiger partial charge in [0.05, 0.1) is 23.9 Å². The Hall–Kier alpha value is -2.80. The molecule has 3 rings (SSSR count). The molecule has 6 nitrogen and oxygen atoms in total. The van der Waals surface area contributed by atoms with Crippen molar-refractivity contribution in [2.45, 2.75) is 59.0 Å². The van der Waals surface area contributed by atoms with E-state index in [1.54, 1.807) is 0 Å². The van der Waals surface area contributed by atoms with E-state index >= 15 is 0 Å². The molecule has 0 bridgehead atoms. The number of aliphatic hydroxyl groups is 1. The summed E-state index contributed by atoms with van der Waals surface area (Å²) in [5.41, 5.74) is 3.90. The molecule has 0 radical (unpaired) electrons. The molecule has 160 valence electrons. The van der Waals surface area contributed by atoms with Gasteiger partial charge in [0.1, 0.15) is 11.3 Å². The highest BCUT2D eigenvalue weighted by Crippen LogP contribution is 2.26. The number of aliphatic hydroxyl groups excluding tert-OH is 1. The van der Waals surface area contributed by atoms with Crippen molar-refractivity contribution in [3.05, 3.63) is 53.0 Å². The quantitative estimate of drug-likeness (QED) is 0.471. The van der Waals surface area contributed by atoms with Gasteiger partial charge in [-0.05, 0) is 43.9 Å². The summed E-state index contributed by atoms with van der Waals surface area (Å²) < 4.78 is 13.8. The van der Waals surface area contributed by atoms with Gasteiger partial charge in [0.25, 0.3) is 0 Å². The number of pyridine rings is 1. The number of hydrogen-bond donors (Lipinski definition) is 3. The van der Waals surface area contributed by atoms with Crippen molar-refractivity contribution in [1.29, 1.82) is 0 Å². The van der Waals surface area contributed by atoms with Crippen molar-refractivity contribution in [1.82, 2.24) is 15.0 Å². The van der Waals surface area contributed by atoms with Crippen molar-refractivity contribution in [2.75, 3.05) is 17.2 Å². The maximum absolute atomic E-state index is 13.8. The van der Waals surface area contributed by atoms with Crippen molar-refractivity contribution in [3.8, 4) is 0 Å². The normalized spacial score (nSPS) is 13.3. The van der Waals surface area contributed by atoms with Crippen LogP contribution in [0.5, 0.6) is 0 Å². The number of hydrogen-bond acceptors (Lipinski definition) is 6. The summed E-state index contributed by atoms with van der Waals surface area (Å²) in [6, 6.07) is 7.61. The molecule has 0 saturated carbocycles. The minimum absolute atomic E-state index is 0.0505. The third kappa shape index (κ3) is 5.21. The highest BCUT2D eigenvalue weighted by molar-refractivity contribution is 5.86. The monoisotopic (exact) mass is 411 g/mol. The largest absolute Gasteiger partial charge is 0.394 e. The molecule has 1 aromatic carbocycles. The number of aryl methyl sites for hydroxylation is 2. The minimum atomic E-state index is -0.557. The zero-order valence-electron chi connectivity index (χ0n) is 18.1. The topological polar surface area (TPSA) is 83.0 Å². The van der Waals surface area contributed by atoms with Gasteiger partial charge in [-0.1, -0.05) is 38.0 Å². The summed E-state index contributed by atoms with van der Waals surface area (Å²) in [4.78, 5) is 13.2. The Labute approximate surface area is 177 Å². The predicted octanol–water partition coefficient (Wildman–Crippen LogP) is 4.75. The van der Waals surface area contributed by atoms with Crippen LogP contribution in [0.4, 0.5) is 16.2 Å². The molecule has 1 unspecified atom stereocenters. The molecule has 2 heterocycles. The van der Waals surface area contributed by atoms with Gasteiger partial charge >= 0.3 is 0 Å². The first-order valence-electron chi connectivity index (χ1n) is 10.4. The number of unbranched alkanes of at least 4 members (excludes halogenated alkanes) is 1. The molecule has 1 atom stereocenters. The van der Waals surface area contributed by atoms with Gasteiger partial charge in [-0.15, -0.1) is 0 Å². The Morgan fingerprint density at radius 2 is 1.93 bits per heavy atom. The Morgan fingerprint density at radius 3 is 2.63 bits per heavy atom. The molecule has 0 amide bonds. The number of anilines is 2. The van der Waals surface area contributed by atoms with E-state index in [2.05, 4.69) is 64.6 Å². The first-order valence-corrected chi connectivity index (χ1v) is 10.4. The molecule has 0 fully saturated rings. The number of aromatic nitrogens is 3. The Bertz CT molecular complexity index is 1030. The van der Waals surface area contributed by atoms with E-state index in [9.17, 15) is 9.50 Å². The maximum atomic E-state index is 13.8. The average molecular weight is 412 g/mol. The first-order chi connectivity index (χ1) is 14.3. The van der Waals surface area contributed by atoms with Gasteiger partial charge in [0.2, 0.25) is 5.95 Å². The van der Waals surface area contributed by atoms with Crippen molar-refractivity contribution < 1.29 is 9.50 Å². The lowest BCUT2D eigenvalue weighted by Gasteiger charge is -2.29. The molecule has 3 N–H and O–H groups in total. The molecule has 3 aromatic rings. The second-order valence-electron chi connectivity index (χ2n) is 8.14. The molecular weight excluding hydrogens is 381 g/mol. The van der Waals surface area contributed by atoms with E-state index in [1.165, 1.54) is 17.2 Å². The van der Waals surface area contributed by atoms with Crippen LogP contribution in [0.3, 0.4) is 0 Å². The van der Waals surface area contributed by atoms with Crippen LogP contribution in [0.25, 0.3) is 11.0 Å². The summed E-state index contributed by atoms with van der Waals surface area (Å²) in [6.45, 7) is 8.70. The van der Waals surface area contributed by atoms with Crippen LogP contribution in [-0.2, 0) is 6.54 Å². The fourth-order valence-electron chi connectivity index (χ4n) is 3.29. The maximum Gasteiger partial charge on any atom is 0.225 e. The second-order valence-corrected chi connectivity index (χ2v) is 8.14. The summed E-state index contributed by atoms with van der Waals surface area (Å²) in [5.74, 6) is 0.407. The van der Waals surface area contributed by atoms with Gasteiger partial charge in [0.15, 0.2) is 5.82 Å². The van der Waals surface area contributed by atoms with Crippen LogP contribution in [0.1, 0.15) is 49.8 Å². The number of halogens is 1. The Kier molecular flexibility index (Phi) is 6.82.